The minimum atomic E-state index is 0.660. The molecule has 2 aromatic carbocycles. The van der Waals surface area contributed by atoms with Gasteiger partial charge in [-0.15, -0.1) is 0 Å². The molecular formula is C19H20O3. The summed E-state index contributed by atoms with van der Waals surface area (Å²) >= 11 is 0. The van der Waals surface area contributed by atoms with Gasteiger partial charge in [-0.25, -0.2) is 0 Å². The molecule has 2 rings (SSSR count). The molecule has 2 aromatic rings. The van der Waals surface area contributed by atoms with Crippen LogP contribution in [0.4, 0.5) is 0 Å². The number of ether oxygens (including phenoxy) is 1. The lowest BCUT2D eigenvalue weighted by Crippen LogP contribution is -1.98. The standard InChI is InChI=1S/C19H20O3/c20-14-17-7-5-16(6-8-17)4-2-1-3-13-22-19-11-9-18(15-21)10-12-19/h5-12,14-15H,1-4,13H2. The van der Waals surface area contributed by atoms with Crippen molar-refractivity contribution < 1.29 is 14.3 Å². The van der Waals surface area contributed by atoms with E-state index in [0.29, 0.717) is 12.2 Å². The van der Waals surface area contributed by atoms with Crippen LogP contribution >= 0.6 is 0 Å². The largest absolute Gasteiger partial charge is 0.494 e. The van der Waals surface area contributed by atoms with Gasteiger partial charge in [0.2, 0.25) is 0 Å². The highest BCUT2D eigenvalue weighted by Crippen LogP contribution is 2.12. The van der Waals surface area contributed by atoms with E-state index in [1.165, 1.54) is 5.56 Å². The number of carbonyl (C=O) groups excluding carboxylic acids is 2. The van der Waals surface area contributed by atoms with E-state index in [4.69, 9.17) is 4.74 Å². The molecular weight excluding hydrogens is 276 g/mol. The molecule has 0 N–H and O–H groups in total. The van der Waals surface area contributed by atoms with Gasteiger partial charge in [0, 0.05) is 11.1 Å². The molecule has 3 heteroatoms. The molecule has 0 radical (unpaired) electrons. The normalized spacial score (nSPS) is 10.2. The molecule has 0 aliphatic heterocycles. The van der Waals surface area contributed by atoms with Gasteiger partial charge in [-0.2, -0.15) is 0 Å². The Hall–Kier alpha value is -2.42. The number of carbonyl (C=O) groups is 2. The fraction of sp³-hybridized carbons (Fsp3) is 0.263. The van der Waals surface area contributed by atoms with Crippen LogP contribution in [0.5, 0.6) is 5.75 Å². The van der Waals surface area contributed by atoms with Gasteiger partial charge in [-0.1, -0.05) is 24.3 Å². The quantitative estimate of drug-likeness (QED) is 0.517. The van der Waals surface area contributed by atoms with Gasteiger partial charge in [-0.3, -0.25) is 9.59 Å². The van der Waals surface area contributed by atoms with Crippen LogP contribution < -0.4 is 4.74 Å². The molecule has 3 nitrogen and oxygen atoms in total. The van der Waals surface area contributed by atoms with E-state index in [9.17, 15) is 9.59 Å². The second-order valence-corrected chi connectivity index (χ2v) is 5.21. The topological polar surface area (TPSA) is 43.4 Å². The summed E-state index contributed by atoms with van der Waals surface area (Å²) < 4.78 is 5.63. The zero-order valence-electron chi connectivity index (χ0n) is 12.5. The third kappa shape index (κ3) is 5.17. The number of aryl methyl sites for hydroxylation is 1. The van der Waals surface area contributed by atoms with Gasteiger partial charge in [0.25, 0.3) is 0 Å². The summed E-state index contributed by atoms with van der Waals surface area (Å²) in [6, 6.07) is 14.9. The van der Waals surface area contributed by atoms with Crippen molar-refractivity contribution in [3.05, 3.63) is 65.2 Å². The van der Waals surface area contributed by atoms with E-state index < -0.39 is 0 Å². The number of aldehydes is 2. The van der Waals surface area contributed by atoms with Crippen molar-refractivity contribution in [3.8, 4) is 5.75 Å². The number of unbranched alkanes of at least 4 members (excludes halogenated alkanes) is 2. The molecule has 0 saturated heterocycles. The maximum atomic E-state index is 10.6. The minimum absolute atomic E-state index is 0.660. The second-order valence-electron chi connectivity index (χ2n) is 5.21. The third-order valence-electron chi connectivity index (χ3n) is 3.51. The van der Waals surface area contributed by atoms with Crippen LogP contribution in [0.2, 0.25) is 0 Å². The smallest absolute Gasteiger partial charge is 0.150 e. The van der Waals surface area contributed by atoms with E-state index >= 15 is 0 Å². The molecule has 0 unspecified atom stereocenters. The summed E-state index contributed by atoms with van der Waals surface area (Å²) in [5, 5.41) is 0. The van der Waals surface area contributed by atoms with Gasteiger partial charge in [0.05, 0.1) is 6.61 Å². The molecule has 114 valence electrons. The molecule has 0 heterocycles. The number of hydrogen-bond acceptors (Lipinski definition) is 3. The SMILES string of the molecule is O=Cc1ccc(CCCCCOc2ccc(C=O)cc2)cc1. The molecule has 0 fully saturated rings. The van der Waals surface area contributed by atoms with E-state index in [1.54, 1.807) is 12.1 Å². The van der Waals surface area contributed by atoms with E-state index in [0.717, 1.165) is 49.6 Å². The van der Waals surface area contributed by atoms with Crippen LogP contribution in [0.15, 0.2) is 48.5 Å². The highest BCUT2D eigenvalue weighted by atomic mass is 16.5. The summed E-state index contributed by atoms with van der Waals surface area (Å²) in [6.45, 7) is 0.685. The number of benzene rings is 2. The first-order valence-electron chi connectivity index (χ1n) is 7.54. The molecule has 0 saturated carbocycles. The summed E-state index contributed by atoms with van der Waals surface area (Å²) in [7, 11) is 0. The van der Waals surface area contributed by atoms with Crippen molar-refractivity contribution in [1.29, 1.82) is 0 Å². The van der Waals surface area contributed by atoms with E-state index in [1.807, 2.05) is 36.4 Å². The molecule has 22 heavy (non-hydrogen) atoms. The highest BCUT2D eigenvalue weighted by Gasteiger charge is 1.97. The first kappa shape index (κ1) is 16.0. The molecule has 0 aliphatic carbocycles. The molecule has 0 atom stereocenters. The number of hydrogen-bond donors (Lipinski definition) is 0. The fourth-order valence-corrected chi connectivity index (χ4v) is 2.20. The maximum Gasteiger partial charge on any atom is 0.150 e. The molecule has 0 bridgehead atoms. The molecule has 0 aromatic heterocycles. The van der Waals surface area contributed by atoms with Crippen LogP contribution in [-0.2, 0) is 6.42 Å². The van der Waals surface area contributed by atoms with E-state index in [-0.39, 0.29) is 0 Å². The van der Waals surface area contributed by atoms with Crippen molar-refractivity contribution in [1.82, 2.24) is 0 Å². The van der Waals surface area contributed by atoms with Crippen LogP contribution in [0.3, 0.4) is 0 Å². The van der Waals surface area contributed by atoms with Crippen molar-refractivity contribution in [3.63, 3.8) is 0 Å². The molecule has 0 amide bonds. The predicted molar refractivity (Wildman–Crippen MR) is 86.7 cm³/mol. The zero-order chi connectivity index (χ0) is 15.6. The number of rotatable bonds is 9. The van der Waals surface area contributed by atoms with Crippen molar-refractivity contribution in [2.24, 2.45) is 0 Å². The Morgan fingerprint density at radius 2 is 1.32 bits per heavy atom. The monoisotopic (exact) mass is 296 g/mol. The Morgan fingerprint density at radius 3 is 1.91 bits per heavy atom. The minimum Gasteiger partial charge on any atom is -0.494 e. The average Bonchev–Trinajstić information content (AvgIpc) is 2.59. The summed E-state index contributed by atoms with van der Waals surface area (Å²) in [6.07, 6.45) is 5.92. The van der Waals surface area contributed by atoms with Crippen molar-refractivity contribution >= 4 is 12.6 Å². The van der Waals surface area contributed by atoms with Gasteiger partial charge in [-0.05, 0) is 55.5 Å². The Labute approximate surface area is 130 Å². The van der Waals surface area contributed by atoms with Crippen molar-refractivity contribution in [2.45, 2.75) is 25.7 Å². The van der Waals surface area contributed by atoms with Crippen LogP contribution in [0.25, 0.3) is 0 Å². The Balaban J connectivity index is 1.60. The van der Waals surface area contributed by atoms with Gasteiger partial charge in [0.1, 0.15) is 18.3 Å². The van der Waals surface area contributed by atoms with Crippen molar-refractivity contribution in [2.75, 3.05) is 6.61 Å². The van der Waals surface area contributed by atoms with Gasteiger partial charge >= 0.3 is 0 Å². The Morgan fingerprint density at radius 1 is 0.727 bits per heavy atom. The zero-order valence-corrected chi connectivity index (χ0v) is 12.5. The Kier molecular flexibility index (Phi) is 6.37. The van der Waals surface area contributed by atoms with Crippen LogP contribution in [-0.4, -0.2) is 19.2 Å². The first-order valence-corrected chi connectivity index (χ1v) is 7.54. The lowest BCUT2D eigenvalue weighted by atomic mass is 10.1. The van der Waals surface area contributed by atoms with Gasteiger partial charge < -0.3 is 4.74 Å². The first-order chi connectivity index (χ1) is 10.8. The lowest BCUT2D eigenvalue weighted by molar-refractivity contribution is 0.111. The molecule has 0 spiro atoms. The average molecular weight is 296 g/mol. The highest BCUT2D eigenvalue weighted by molar-refractivity contribution is 5.75. The maximum absolute atomic E-state index is 10.6. The molecule has 0 aliphatic rings. The third-order valence-corrected chi connectivity index (χ3v) is 3.51. The predicted octanol–water partition coefficient (Wildman–Crippen LogP) is 4.10. The van der Waals surface area contributed by atoms with Crippen LogP contribution in [0, 0.1) is 0 Å². The van der Waals surface area contributed by atoms with Crippen LogP contribution in [0.1, 0.15) is 45.5 Å². The summed E-state index contributed by atoms with van der Waals surface area (Å²) in [5.74, 6) is 0.801. The summed E-state index contributed by atoms with van der Waals surface area (Å²) in [4.78, 5) is 21.1. The second kappa shape index (κ2) is 8.78. The fourth-order valence-electron chi connectivity index (χ4n) is 2.20. The lowest BCUT2D eigenvalue weighted by Gasteiger charge is -2.06. The van der Waals surface area contributed by atoms with Gasteiger partial charge in [0.15, 0.2) is 0 Å². The summed E-state index contributed by atoms with van der Waals surface area (Å²) in [5.41, 5.74) is 2.64. The Bertz CT molecular complexity index is 530. The van der Waals surface area contributed by atoms with E-state index in [2.05, 4.69) is 0 Å².